The van der Waals surface area contributed by atoms with Crippen molar-refractivity contribution in [3.05, 3.63) is 52.9 Å². The molecule has 6 heteroatoms. The molecule has 5 nitrogen and oxygen atoms in total. The number of ether oxygens (including phenoxy) is 1. The van der Waals surface area contributed by atoms with Crippen LogP contribution in [0.4, 0.5) is 0 Å². The van der Waals surface area contributed by atoms with Crippen LogP contribution in [0.5, 0.6) is 5.75 Å². The highest BCUT2D eigenvalue weighted by molar-refractivity contribution is 6.31. The fourth-order valence-electron chi connectivity index (χ4n) is 1.70. The first-order chi connectivity index (χ1) is 10.1. The maximum absolute atomic E-state index is 11.6. The number of carbonyl (C=O) groups excluding carboxylic acids is 1. The molecule has 0 radical (unpaired) electrons. The fourth-order valence-corrected chi connectivity index (χ4v) is 1.82. The second-order valence-electron chi connectivity index (χ2n) is 4.53. The van der Waals surface area contributed by atoms with E-state index in [1.807, 2.05) is 6.92 Å². The Hall–Kier alpha value is -1.98. The van der Waals surface area contributed by atoms with Gasteiger partial charge < -0.3 is 19.6 Å². The number of aryl methyl sites for hydroxylation is 1. The number of hydrogen-bond acceptors (Lipinski definition) is 4. The van der Waals surface area contributed by atoms with Crippen LogP contribution in [0.1, 0.15) is 17.4 Å². The molecule has 0 aliphatic carbocycles. The molecule has 1 amide bonds. The maximum Gasteiger partial charge on any atom is 0.258 e. The fraction of sp³-hybridized carbons (Fsp3) is 0.267. The molecule has 0 bridgehead atoms. The number of amides is 1. The number of aliphatic hydroxyl groups excluding tert-OH is 1. The Morgan fingerprint density at radius 1 is 1.48 bits per heavy atom. The molecule has 0 saturated carbocycles. The zero-order chi connectivity index (χ0) is 15.2. The molecule has 1 atom stereocenters. The van der Waals surface area contributed by atoms with Crippen LogP contribution >= 0.6 is 11.6 Å². The molecular weight excluding hydrogens is 294 g/mol. The van der Waals surface area contributed by atoms with Crippen LogP contribution in [0.25, 0.3) is 0 Å². The highest BCUT2D eigenvalue weighted by Gasteiger charge is 2.12. The standard InChI is InChI=1S/C15H16ClNO4/c1-10-7-11(4-5-12(10)16)21-9-15(19)17-8-13(18)14-3-2-6-20-14/h2-7,13,18H,8-9H2,1H3,(H,17,19). The average molecular weight is 310 g/mol. The highest BCUT2D eigenvalue weighted by Crippen LogP contribution is 2.20. The van der Waals surface area contributed by atoms with Crippen molar-refractivity contribution in [2.45, 2.75) is 13.0 Å². The van der Waals surface area contributed by atoms with Crippen molar-refractivity contribution in [3.8, 4) is 5.75 Å². The van der Waals surface area contributed by atoms with E-state index >= 15 is 0 Å². The van der Waals surface area contributed by atoms with E-state index in [4.69, 9.17) is 20.8 Å². The molecule has 0 aliphatic heterocycles. The van der Waals surface area contributed by atoms with Gasteiger partial charge in [-0.15, -0.1) is 0 Å². The molecule has 2 aromatic rings. The van der Waals surface area contributed by atoms with E-state index in [1.54, 1.807) is 30.3 Å². The van der Waals surface area contributed by atoms with Gasteiger partial charge in [0.15, 0.2) is 6.61 Å². The van der Waals surface area contributed by atoms with E-state index in [-0.39, 0.29) is 19.1 Å². The van der Waals surface area contributed by atoms with E-state index in [1.165, 1.54) is 6.26 Å². The molecule has 1 heterocycles. The predicted molar refractivity (Wildman–Crippen MR) is 78.4 cm³/mol. The number of hydrogen-bond donors (Lipinski definition) is 2. The SMILES string of the molecule is Cc1cc(OCC(=O)NCC(O)c2ccco2)ccc1Cl. The van der Waals surface area contributed by atoms with Gasteiger partial charge in [-0.2, -0.15) is 0 Å². The van der Waals surface area contributed by atoms with Gasteiger partial charge in [-0.3, -0.25) is 4.79 Å². The van der Waals surface area contributed by atoms with Gasteiger partial charge in [0.2, 0.25) is 0 Å². The first-order valence-electron chi connectivity index (χ1n) is 6.43. The van der Waals surface area contributed by atoms with Crippen molar-refractivity contribution < 1.29 is 19.1 Å². The molecule has 1 aromatic carbocycles. The van der Waals surface area contributed by atoms with Crippen LogP contribution in [0.3, 0.4) is 0 Å². The lowest BCUT2D eigenvalue weighted by Crippen LogP contribution is -2.32. The monoisotopic (exact) mass is 309 g/mol. The van der Waals surface area contributed by atoms with Crippen molar-refractivity contribution in [1.82, 2.24) is 5.32 Å². The maximum atomic E-state index is 11.6. The van der Waals surface area contributed by atoms with Crippen molar-refractivity contribution in [2.24, 2.45) is 0 Å². The Bertz CT molecular complexity index is 598. The molecule has 0 aliphatic rings. The number of benzene rings is 1. The van der Waals surface area contributed by atoms with Crippen molar-refractivity contribution >= 4 is 17.5 Å². The molecule has 112 valence electrons. The Labute approximate surface area is 127 Å². The van der Waals surface area contributed by atoms with Crippen LogP contribution in [-0.2, 0) is 4.79 Å². The summed E-state index contributed by atoms with van der Waals surface area (Å²) in [5.74, 6) is 0.649. The van der Waals surface area contributed by atoms with Crippen LogP contribution in [0.15, 0.2) is 41.0 Å². The summed E-state index contributed by atoms with van der Waals surface area (Å²) in [6.07, 6.45) is 0.591. The summed E-state index contributed by atoms with van der Waals surface area (Å²) in [5.41, 5.74) is 0.878. The minimum absolute atomic E-state index is 0.0648. The molecular formula is C15H16ClNO4. The molecule has 2 rings (SSSR count). The van der Waals surface area contributed by atoms with Crippen LogP contribution in [0.2, 0.25) is 5.02 Å². The summed E-state index contributed by atoms with van der Waals surface area (Å²) >= 11 is 5.91. The number of furan rings is 1. The molecule has 0 spiro atoms. The van der Waals surface area contributed by atoms with Crippen LogP contribution < -0.4 is 10.1 Å². The predicted octanol–water partition coefficient (Wildman–Crippen LogP) is 2.47. The normalized spacial score (nSPS) is 12.0. The van der Waals surface area contributed by atoms with E-state index in [0.717, 1.165) is 5.56 Å². The molecule has 1 unspecified atom stereocenters. The lowest BCUT2D eigenvalue weighted by molar-refractivity contribution is -0.123. The van der Waals surface area contributed by atoms with E-state index in [0.29, 0.717) is 16.5 Å². The lowest BCUT2D eigenvalue weighted by atomic mass is 10.2. The van der Waals surface area contributed by atoms with Crippen molar-refractivity contribution in [1.29, 1.82) is 0 Å². The summed E-state index contributed by atoms with van der Waals surface area (Å²) in [6, 6.07) is 8.48. The van der Waals surface area contributed by atoms with E-state index in [2.05, 4.69) is 5.32 Å². The van der Waals surface area contributed by atoms with Gasteiger partial charge >= 0.3 is 0 Å². The molecule has 2 N–H and O–H groups in total. The minimum Gasteiger partial charge on any atom is -0.484 e. The topological polar surface area (TPSA) is 71.7 Å². The lowest BCUT2D eigenvalue weighted by Gasteiger charge is -2.11. The van der Waals surface area contributed by atoms with Gasteiger partial charge in [0.05, 0.1) is 12.8 Å². The Morgan fingerprint density at radius 2 is 2.29 bits per heavy atom. The minimum atomic E-state index is -0.873. The number of carbonyl (C=O) groups is 1. The Kier molecular flexibility index (Phi) is 5.25. The third-order valence-electron chi connectivity index (χ3n) is 2.86. The molecule has 1 aromatic heterocycles. The zero-order valence-corrected chi connectivity index (χ0v) is 12.3. The van der Waals surface area contributed by atoms with E-state index in [9.17, 15) is 9.90 Å². The molecule has 21 heavy (non-hydrogen) atoms. The Balaban J connectivity index is 1.75. The smallest absolute Gasteiger partial charge is 0.258 e. The zero-order valence-electron chi connectivity index (χ0n) is 11.5. The van der Waals surface area contributed by atoms with Crippen LogP contribution in [0, 0.1) is 6.92 Å². The number of halogens is 1. The summed E-state index contributed by atoms with van der Waals surface area (Å²) in [4.78, 5) is 11.6. The van der Waals surface area contributed by atoms with Gasteiger partial charge in [0.25, 0.3) is 5.91 Å². The van der Waals surface area contributed by atoms with Crippen LogP contribution in [-0.4, -0.2) is 24.2 Å². The molecule has 0 fully saturated rings. The first kappa shape index (κ1) is 15.4. The van der Waals surface area contributed by atoms with Gasteiger partial charge in [-0.25, -0.2) is 0 Å². The second-order valence-corrected chi connectivity index (χ2v) is 4.94. The summed E-state index contributed by atoms with van der Waals surface area (Å²) in [6.45, 7) is 1.79. The summed E-state index contributed by atoms with van der Waals surface area (Å²) in [7, 11) is 0. The largest absolute Gasteiger partial charge is 0.484 e. The number of aliphatic hydroxyl groups is 1. The van der Waals surface area contributed by atoms with Crippen molar-refractivity contribution in [3.63, 3.8) is 0 Å². The van der Waals surface area contributed by atoms with Gasteiger partial charge in [-0.1, -0.05) is 11.6 Å². The quantitative estimate of drug-likeness (QED) is 0.860. The van der Waals surface area contributed by atoms with Gasteiger partial charge in [-0.05, 0) is 42.8 Å². The summed E-state index contributed by atoms with van der Waals surface area (Å²) in [5, 5.41) is 13.0. The number of nitrogens with one attached hydrogen (secondary N) is 1. The van der Waals surface area contributed by atoms with Crippen molar-refractivity contribution in [2.75, 3.05) is 13.2 Å². The van der Waals surface area contributed by atoms with E-state index < -0.39 is 6.10 Å². The van der Waals surface area contributed by atoms with Gasteiger partial charge in [0.1, 0.15) is 17.6 Å². The van der Waals surface area contributed by atoms with Gasteiger partial charge in [0, 0.05) is 5.02 Å². The number of rotatable bonds is 6. The Morgan fingerprint density at radius 3 is 2.95 bits per heavy atom. The third kappa shape index (κ3) is 4.51. The second kappa shape index (κ2) is 7.15. The first-order valence-corrected chi connectivity index (χ1v) is 6.81. The third-order valence-corrected chi connectivity index (χ3v) is 3.29. The summed E-state index contributed by atoms with van der Waals surface area (Å²) < 4.78 is 10.4. The average Bonchev–Trinajstić information content (AvgIpc) is 3.00. The highest BCUT2D eigenvalue weighted by atomic mass is 35.5. The molecule has 0 saturated heterocycles.